The van der Waals surface area contributed by atoms with Crippen LogP contribution in [0.2, 0.25) is 0 Å². The summed E-state index contributed by atoms with van der Waals surface area (Å²) in [6, 6.07) is 12.1. The molecule has 2 aliphatic heterocycles. The van der Waals surface area contributed by atoms with Gasteiger partial charge in [-0.25, -0.2) is 0 Å². The molecule has 2 unspecified atom stereocenters. The lowest BCUT2D eigenvalue weighted by Crippen LogP contribution is -2.45. The van der Waals surface area contributed by atoms with E-state index in [0.29, 0.717) is 29.7 Å². The van der Waals surface area contributed by atoms with Gasteiger partial charge in [0.1, 0.15) is 5.78 Å². The number of piperidine rings is 1. The van der Waals surface area contributed by atoms with Crippen LogP contribution in [0.25, 0.3) is 0 Å². The maximum Gasteiger partial charge on any atom is 0.139 e. The largest absolute Gasteiger partial charge is 0.299 e. The molecule has 2 atom stereocenters. The van der Waals surface area contributed by atoms with Crippen molar-refractivity contribution in [3.8, 4) is 0 Å². The topological polar surface area (TPSA) is 20.3 Å². The smallest absolute Gasteiger partial charge is 0.139 e. The van der Waals surface area contributed by atoms with Crippen LogP contribution in [0, 0.1) is 11.8 Å². The molecule has 1 aromatic rings. The van der Waals surface area contributed by atoms with Crippen LogP contribution >= 0.6 is 0 Å². The SMILES string of the molecule is O=C(C1CCCCC1)C1CC2CCC(C1)N2Cc1ccccc1. The van der Waals surface area contributed by atoms with Crippen LogP contribution in [-0.4, -0.2) is 22.8 Å². The van der Waals surface area contributed by atoms with Crippen molar-refractivity contribution in [2.24, 2.45) is 11.8 Å². The number of benzene rings is 1. The molecule has 2 bridgehead atoms. The van der Waals surface area contributed by atoms with E-state index in [-0.39, 0.29) is 0 Å². The molecule has 2 saturated heterocycles. The molecular weight excluding hydrogens is 282 g/mol. The first-order valence-corrected chi connectivity index (χ1v) is 9.64. The number of rotatable bonds is 4. The second-order valence-electron chi connectivity index (χ2n) is 7.95. The second kappa shape index (κ2) is 6.76. The van der Waals surface area contributed by atoms with Crippen LogP contribution in [0.3, 0.4) is 0 Å². The Labute approximate surface area is 140 Å². The number of ketones is 1. The first kappa shape index (κ1) is 15.4. The van der Waals surface area contributed by atoms with Gasteiger partial charge in [0.05, 0.1) is 0 Å². The normalized spacial score (nSPS) is 32.1. The highest BCUT2D eigenvalue weighted by molar-refractivity contribution is 5.83. The number of nitrogens with zero attached hydrogens (tertiary/aromatic N) is 1. The van der Waals surface area contributed by atoms with Crippen LogP contribution in [0.4, 0.5) is 0 Å². The van der Waals surface area contributed by atoms with Gasteiger partial charge in [0.25, 0.3) is 0 Å². The Morgan fingerprint density at radius 1 is 0.870 bits per heavy atom. The Morgan fingerprint density at radius 3 is 2.17 bits per heavy atom. The third kappa shape index (κ3) is 3.24. The van der Waals surface area contributed by atoms with Crippen LogP contribution < -0.4 is 0 Å². The first-order valence-electron chi connectivity index (χ1n) is 9.64. The molecule has 3 aliphatic rings. The van der Waals surface area contributed by atoms with E-state index in [4.69, 9.17) is 0 Å². The van der Waals surface area contributed by atoms with Gasteiger partial charge in [-0.2, -0.15) is 0 Å². The van der Waals surface area contributed by atoms with Crippen molar-refractivity contribution in [1.82, 2.24) is 4.90 Å². The number of carbonyl (C=O) groups excluding carboxylic acids is 1. The number of fused-ring (bicyclic) bond motifs is 2. The lowest BCUT2D eigenvalue weighted by atomic mass is 9.77. The Morgan fingerprint density at radius 2 is 1.52 bits per heavy atom. The van der Waals surface area contributed by atoms with E-state index < -0.39 is 0 Å². The second-order valence-corrected chi connectivity index (χ2v) is 7.95. The van der Waals surface area contributed by atoms with E-state index in [0.717, 1.165) is 19.4 Å². The average molecular weight is 311 g/mol. The van der Waals surface area contributed by atoms with Gasteiger partial charge in [0.15, 0.2) is 0 Å². The highest BCUT2D eigenvalue weighted by Crippen LogP contribution is 2.41. The minimum absolute atomic E-state index is 0.364. The van der Waals surface area contributed by atoms with E-state index in [1.54, 1.807) is 0 Å². The van der Waals surface area contributed by atoms with Gasteiger partial charge >= 0.3 is 0 Å². The molecule has 2 nitrogen and oxygen atoms in total. The van der Waals surface area contributed by atoms with Crippen LogP contribution in [0.15, 0.2) is 30.3 Å². The first-order chi connectivity index (χ1) is 11.3. The number of carbonyl (C=O) groups is 1. The highest BCUT2D eigenvalue weighted by Gasteiger charge is 2.43. The van der Waals surface area contributed by atoms with Gasteiger partial charge in [0, 0.05) is 30.5 Å². The molecule has 124 valence electrons. The summed E-state index contributed by atoms with van der Waals surface area (Å²) in [4.78, 5) is 15.6. The fraction of sp³-hybridized carbons (Fsp3) is 0.667. The molecule has 0 aromatic heterocycles. The predicted molar refractivity (Wildman–Crippen MR) is 93.1 cm³/mol. The van der Waals surface area contributed by atoms with E-state index in [1.165, 1.54) is 50.5 Å². The zero-order chi connectivity index (χ0) is 15.6. The van der Waals surface area contributed by atoms with Crippen molar-refractivity contribution < 1.29 is 4.79 Å². The number of hydrogen-bond acceptors (Lipinski definition) is 2. The Bertz CT molecular complexity index is 520. The molecule has 1 saturated carbocycles. The molecule has 1 aromatic carbocycles. The Kier molecular flexibility index (Phi) is 4.52. The van der Waals surface area contributed by atoms with Gasteiger partial charge in [-0.3, -0.25) is 9.69 Å². The molecule has 23 heavy (non-hydrogen) atoms. The van der Waals surface area contributed by atoms with Crippen molar-refractivity contribution in [2.45, 2.75) is 76.4 Å². The highest BCUT2D eigenvalue weighted by atomic mass is 16.1. The monoisotopic (exact) mass is 311 g/mol. The van der Waals surface area contributed by atoms with E-state index in [9.17, 15) is 4.79 Å². The quantitative estimate of drug-likeness (QED) is 0.811. The maximum absolute atomic E-state index is 12.9. The van der Waals surface area contributed by atoms with Crippen molar-refractivity contribution in [3.63, 3.8) is 0 Å². The van der Waals surface area contributed by atoms with Gasteiger partial charge in [-0.05, 0) is 44.1 Å². The Balaban J connectivity index is 1.40. The minimum atomic E-state index is 0.364. The zero-order valence-corrected chi connectivity index (χ0v) is 14.1. The van der Waals surface area contributed by atoms with E-state index >= 15 is 0 Å². The molecule has 0 amide bonds. The summed E-state index contributed by atoms with van der Waals surface area (Å²) in [5.74, 6) is 1.39. The average Bonchev–Trinajstić information content (AvgIpc) is 2.84. The summed E-state index contributed by atoms with van der Waals surface area (Å²) >= 11 is 0. The van der Waals surface area contributed by atoms with Crippen molar-refractivity contribution in [3.05, 3.63) is 35.9 Å². The standard InChI is InChI=1S/C21H29NO/c23-21(17-9-5-2-6-10-17)18-13-19-11-12-20(14-18)22(19)15-16-7-3-1-4-8-16/h1,3-4,7-8,17-20H,2,5-6,9-15H2. The predicted octanol–water partition coefficient (Wildman–Crippen LogP) is 4.58. The molecule has 0 N–H and O–H groups in total. The van der Waals surface area contributed by atoms with Crippen molar-refractivity contribution in [2.75, 3.05) is 0 Å². The molecule has 1 aliphatic carbocycles. The molecule has 2 heteroatoms. The Hall–Kier alpha value is -1.15. The fourth-order valence-electron chi connectivity index (χ4n) is 5.28. The third-order valence-corrected chi connectivity index (χ3v) is 6.50. The summed E-state index contributed by atoms with van der Waals surface area (Å²) in [7, 11) is 0. The number of hydrogen-bond donors (Lipinski definition) is 0. The molecule has 4 rings (SSSR count). The minimum Gasteiger partial charge on any atom is -0.299 e. The molecule has 0 spiro atoms. The number of Topliss-reactive ketones (excluding diaryl/α,β-unsaturated/α-hetero) is 1. The fourth-order valence-corrected chi connectivity index (χ4v) is 5.28. The summed E-state index contributed by atoms with van der Waals surface area (Å²) in [6.45, 7) is 1.07. The maximum atomic E-state index is 12.9. The molecule has 2 heterocycles. The molecule has 0 radical (unpaired) electrons. The summed E-state index contributed by atoms with van der Waals surface area (Å²) in [5.41, 5.74) is 1.42. The van der Waals surface area contributed by atoms with Gasteiger partial charge in [-0.1, -0.05) is 49.6 Å². The van der Waals surface area contributed by atoms with Crippen LogP contribution in [0.1, 0.15) is 63.4 Å². The van der Waals surface area contributed by atoms with Gasteiger partial charge in [-0.15, -0.1) is 0 Å². The van der Waals surface area contributed by atoms with Gasteiger partial charge < -0.3 is 0 Å². The van der Waals surface area contributed by atoms with E-state index in [2.05, 4.69) is 35.2 Å². The molecular formula is C21H29NO. The van der Waals surface area contributed by atoms with E-state index in [1.807, 2.05) is 0 Å². The van der Waals surface area contributed by atoms with Gasteiger partial charge in [0.2, 0.25) is 0 Å². The van der Waals surface area contributed by atoms with Crippen LogP contribution in [0.5, 0.6) is 0 Å². The molecule has 3 fully saturated rings. The summed E-state index contributed by atoms with van der Waals surface area (Å²) < 4.78 is 0. The summed E-state index contributed by atoms with van der Waals surface area (Å²) in [6.07, 6.45) is 11.1. The lowest BCUT2D eigenvalue weighted by Gasteiger charge is -2.39. The zero-order valence-electron chi connectivity index (χ0n) is 14.1. The van der Waals surface area contributed by atoms with Crippen LogP contribution in [-0.2, 0) is 11.3 Å². The lowest BCUT2D eigenvalue weighted by molar-refractivity contribution is -0.130. The van der Waals surface area contributed by atoms with Crippen molar-refractivity contribution in [1.29, 1.82) is 0 Å². The van der Waals surface area contributed by atoms with Crippen molar-refractivity contribution >= 4 is 5.78 Å². The summed E-state index contributed by atoms with van der Waals surface area (Å²) in [5, 5.41) is 0. The third-order valence-electron chi connectivity index (χ3n) is 6.50.